The number of rotatable bonds is 3. The number of hydrogen-bond donors (Lipinski definition) is 1. The van der Waals surface area contributed by atoms with Gasteiger partial charge in [0, 0.05) is 24.0 Å². The van der Waals surface area contributed by atoms with Crippen molar-refractivity contribution >= 4 is 15.9 Å². The van der Waals surface area contributed by atoms with E-state index in [1.54, 1.807) is 0 Å². The van der Waals surface area contributed by atoms with Gasteiger partial charge in [0.25, 0.3) is 0 Å². The summed E-state index contributed by atoms with van der Waals surface area (Å²) >= 11 is 3.66. The maximum absolute atomic E-state index is 9.74. The van der Waals surface area contributed by atoms with Crippen LogP contribution in [0.5, 0.6) is 0 Å². The molecular weight excluding hydrogens is 254 g/mol. The van der Waals surface area contributed by atoms with Gasteiger partial charge in [0.15, 0.2) is 0 Å². The largest absolute Gasteiger partial charge is 0.393 e. The Balaban J connectivity index is 1.67. The zero-order valence-electron chi connectivity index (χ0n) is 9.16. The van der Waals surface area contributed by atoms with Gasteiger partial charge in [0.05, 0.1) is 6.10 Å². The van der Waals surface area contributed by atoms with E-state index in [9.17, 15) is 5.11 Å². The molecule has 2 atom stereocenters. The van der Waals surface area contributed by atoms with Gasteiger partial charge in [-0.2, -0.15) is 0 Å². The molecule has 1 aliphatic carbocycles. The summed E-state index contributed by atoms with van der Waals surface area (Å²) in [4.78, 5) is 2.71. The third-order valence-electron chi connectivity index (χ3n) is 4.62. The lowest BCUT2D eigenvalue weighted by Crippen LogP contribution is -2.47. The summed E-state index contributed by atoms with van der Waals surface area (Å²) in [5, 5.41) is 10.9. The first-order valence-corrected chi connectivity index (χ1v) is 7.34. The summed E-state index contributed by atoms with van der Waals surface area (Å²) in [6, 6.07) is 1.38. The van der Waals surface area contributed by atoms with Crippen LogP contribution < -0.4 is 0 Å². The minimum Gasteiger partial charge on any atom is -0.393 e. The monoisotopic (exact) mass is 273 g/mol. The van der Waals surface area contributed by atoms with Crippen LogP contribution in [-0.4, -0.2) is 40.1 Å². The summed E-state index contributed by atoms with van der Waals surface area (Å²) in [5.41, 5.74) is 0.600. The maximum Gasteiger partial charge on any atom is 0.0570 e. The summed E-state index contributed by atoms with van der Waals surface area (Å²) in [6.45, 7) is 1.28. The molecule has 2 nitrogen and oxygen atoms in total. The van der Waals surface area contributed by atoms with Gasteiger partial charge in [-0.15, -0.1) is 0 Å². The van der Waals surface area contributed by atoms with Crippen LogP contribution in [0.2, 0.25) is 0 Å². The Hall–Kier alpha value is 0.400. The fraction of sp³-hybridized carbons (Fsp3) is 1.00. The Morgan fingerprint density at radius 1 is 1.20 bits per heavy atom. The summed E-state index contributed by atoms with van der Waals surface area (Å²) in [5.74, 6) is 0. The second kappa shape index (κ2) is 3.71. The average Bonchev–Trinajstić information content (AvgIpc) is 2.94. The van der Waals surface area contributed by atoms with E-state index in [0.717, 1.165) is 12.8 Å². The van der Waals surface area contributed by atoms with E-state index in [1.807, 2.05) is 0 Å². The number of alkyl halides is 1. The van der Waals surface area contributed by atoms with E-state index in [-0.39, 0.29) is 6.10 Å². The van der Waals surface area contributed by atoms with Gasteiger partial charge in [0.1, 0.15) is 0 Å². The molecule has 2 aliphatic heterocycles. The molecule has 0 radical (unpaired) electrons. The third-order valence-corrected chi connectivity index (χ3v) is 5.81. The molecule has 3 fully saturated rings. The van der Waals surface area contributed by atoms with Crippen molar-refractivity contribution in [1.29, 1.82) is 0 Å². The highest BCUT2D eigenvalue weighted by Gasteiger charge is 2.48. The second-order valence-electron chi connectivity index (χ2n) is 5.82. The van der Waals surface area contributed by atoms with Crippen LogP contribution in [0, 0.1) is 5.41 Å². The van der Waals surface area contributed by atoms with Crippen LogP contribution in [0.3, 0.4) is 0 Å². The Kier molecular flexibility index (Phi) is 2.61. The van der Waals surface area contributed by atoms with E-state index in [1.165, 1.54) is 37.6 Å². The van der Waals surface area contributed by atoms with Crippen LogP contribution in [0.1, 0.15) is 38.5 Å². The van der Waals surface area contributed by atoms with Crippen molar-refractivity contribution in [2.24, 2.45) is 5.41 Å². The molecule has 2 heterocycles. The molecule has 2 bridgehead atoms. The van der Waals surface area contributed by atoms with Gasteiger partial charge in [0.2, 0.25) is 0 Å². The zero-order valence-corrected chi connectivity index (χ0v) is 10.7. The van der Waals surface area contributed by atoms with Gasteiger partial charge in [-0.25, -0.2) is 0 Å². The normalized spacial score (nSPS) is 43.2. The molecule has 0 spiro atoms. The van der Waals surface area contributed by atoms with Crippen LogP contribution in [0.4, 0.5) is 0 Å². The Morgan fingerprint density at radius 2 is 1.80 bits per heavy atom. The fourth-order valence-corrected chi connectivity index (χ4v) is 4.14. The van der Waals surface area contributed by atoms with Gasteiger partial charge in [-0.1, -0.05) is 15.9 Å². The second-order valence-corrected chi connectivity index (χ2v) is 6.38. The molecule has 1 N–H and O–H groups in total. The number of hydrogen-bond acceptors (Lipinski definition) is 2. The van der Waals surface area contributed by atoms with E-state index in [2.05, 4.69) is 20.8 Å². The van der Waals surface area contributed by atoms with Crippen LogP contribution in [0.15, 0.2) is 0 Å². The first-order valence-electron chi connectivity index (χ1n) is 6.22. The Bertz CT molecular complexity index is 240. The third kappa shape index (κ3) is 1.87. The molecule has 2 unspecified atom stereocenters. The van der Waals surface area contributed by atoms with Gasteiger partial charge in [-0.3, -0.25) is 4.90 Å². The quantitative estimate of drug-likeness (QED) is 0.797. The van der Waals surface area contributed by atoms with Crippen molar-refractivity contribution in [2.75, 3.05) is 11.9 Å². The first kappa shape index (κ1) is 10.5. The predicted molar refractivity (Wildman–Crippen MR) is 64.2 cm³/mol. The molecule has 0 aromatic rings. The highest BCUT2D eigenvalue weighted by molar-refractivity contribution is 9.09. The van der Waals surface area contributed by atoms with Crippen molar-refractivity contribution < 1.29 is 5.11 Å². The zero-order chi connectivity index (χ0) is 10.5. The summed E-state index contributed by atoms with van der Waals surface area (Å²) < 4.78 is 0. The fourth-order valence-electron chi connectivity index (χ4n) is 3.40. The number of aliphatic hydroxyl groups excluding tert-OH is 1. The molecule has 3 rings (SSSR count). The van der Waals surface area contributed by atoms with Crippen LogP contribution >= 0.6 is 15.9 Å². The molecule has 3 heteroatoms. The lowest BCUT2D eigenvalue weighted by molar-refractivity contribution is 0.0263. The minimum absolute atomic E-state index is 0.0159. The molecule has 3 aliphatic rings. The van der Waals surface area contributed by atoms with Crippen molar-refractivity contribution in [3.63, 3.8) is 0 Å². The first-order chi connectivity index (χ1) is 7.22. The van der Waals surface area contributed by atoms with Gasteiger partial charge in [-0.05, 0) is 43.9 Å². The van der Waals surface area contributed by atoms with Crippen molar-refractivity contribution in [3.05, 3.63) is 0 Å². The lowest BCUT2D eigenvalue weighted by Gasteiger charge is -2.39. The van der Waals surface area contributed by atoms with E-state index in [4.69, 9.17) is 0 Å². The molecule has 0 aromatic heterocycles. The Labute approximate surface area is 100 Å². The van der Waals surface area contributed by atoms with Crippen molar-refractivity contribution in [2.45, 2.75) is 56.7 Å². The highest BCUT2D eigenvalue weighted by Crippen LogP contribution is 2.50. The number of fused-ring (bicyclic) bond motifs is 2. The molecule has 1 saturated carbocycles. The SMILES string of the molecule is OC1CC2CCC(C1)N2CC1(CBr)CC1. The average molecular weight is 274 g/mol. The van der Waals surface area contributed by atoms with E-state index >= 15 is 0 Å². The lowest BCUT2D eigenvalue weighted by atomic mass is 9.97. The van der Waals surface area contributed by atoms with Gasteiger partial charge < -0.3 is 5.11 Å². The highest BCUT2D eigenvalue weighted by atomic mass is 79.9. The number of nitrogens with zero attached hydrogens (tertiary/aromatic N) is 1. The number of piperidine rings is 1. The summed E-state index contributed by atoms with van der Waals surface area (Å²) in [7, 11) is 0. The maximum atomic E-state index is 9.74. The molecule has 0 amide bonds. The molecule has 2 saturated heterocycles. The predicted octanol–water partition coefficient (Wildman–Crippen LogP) is 2.15. The van der Waals surface area contributed by atoms with Crippen LogP contribution in [-0.2, 0) is 0 Å². The Morgan fingerprint density at radius 3 is 2.27 bits per heavy atom. The van der Waals surface area contributed by atoms with Crippen molar-refractivity contribution in [3.8, 4) is 0 Å². The molecule has 0 aromatic carbocycles. The summed E-state index contributed by atoms with van der Waals surface area (Å²) in [6.07, 6.45) is 7.47. The molecule has 15 heavy (non-hydrogen) atoms. The van der Waals surface area contributed by atoms with Crippen molar-refractivity contribution in [1.82, 2.24) is 4.90 Å². The van der Waals surface area contributed by atoms with E-state index < -0.39 is 0 Å². The molecule has 86 valence electrons. The number of aliphatic hydroxyl groups is 1. The van der Waals surface area contributed by atoms with E-state index in [0.29, 0.717) is 17.5 Å². The topological polar surface area (TPSA) is 23.5 Å². The number of halogens is 1. The van der Waals surface area contributed by atoms with Gasteiger partial charge >= 0.3 is 0 Å². The minimum atomic E-state index is -0.0159. The standard InChI is InChI=1S/C12H20BrNO/c13-7-12(3-4-12)8-14-9-1-2-10(14)6-11(15)5-9/h9-11,15H,1-8H2. The smallest absolute Gasteiger partial charge is 0.0570 e. The van der Waals surface area contributed by atoms with Crippen LogP contribution in [0.25, 0.3) is 0 Å². The molecular formula is C12H20BrNO.